The van der Waals surface area contributed by atoms with Gasteiger partial charge in [-0.25, -0.2) is 8.78 Å². The minimum Gasteiger partial charge on any atom is -0.497 e. The number of nitrogens with zero attached hydrogens (tertiary/aromatic N) is 2. The second-order valence-corrected chi connectivity index (χ2v) is 13.6. The number of para-hydroxylation sites is 2. The molecular weight excluding hydrogens is 655 g/mol. The summed E-state index contributed by atoms with van der Waals surface area (Å²) in [5.41, 5.74) is 2.17. The lowest BCUT2D eigenvalue weighted by Crippen LogP contribution is -2.61. The van der Waals surface area contributed by atoms with E-state index in [9.17, 15) is 14.0 Å². The fraction of sp³-hybridized carbons (Fsp3) is 0.297. The smallest absolute Gasteiger partial charge is 0.234 e. The maximum atomic E-state index is 15.4. The summed E-state index contributed by atoms with van der Waals surface area (Å²) in [5, 5.41) is 0. The zero-order valence-corrected chi connectivity index (χ0v) is 28.5. The first-order chi connectivity index (χ1) is 23.3. The SMILES string of the molecule is CCOc1ccccc1C1(C2(c3ccccc3OCC)SCC(=O)N2Cc2cc(F)ccc2F)SCC(=O)N1Cc1ccc(OC)cc1. The predicted octanol–water partition coefficient (Wildman–Crippen LogP) is 7.33. The summed E-state index contributed by atoms with van der Waals surface area (Å²) in [5.74, 6) is 0.191. The van der Waals surface area contributed by atoms with E-state index in [2.05, 4.69) is 0 Å². The molecule has 2 aliphatic rings. The van der Waals surface area contributed by atoms with Crippen molar-refractivity contribution in [2.24, 2.45) is 0 Å². The molecule has 2 fully saturated rings. The molecule has 0 spiro atoms. The monoisotopic (exact) mass is 690 g/mol. The maximum absolute atomic E-state index is 15.4. The third kappa shape index (κ3) is 5.77. The van der Waals surface area contributed by atoms with E-state index in [1.54, 1.807) is 16.9 Å². The van der Waals surface area contributed by atoms with Crippen molar-refractivity contribution < 1.29 is 32.6 Å². The maximum Gasteiger partial charge on any atom is 0.234 e. The molecular formula is C37H36F2N2O5S2. The average molecular weight is 691 g/mol. The Morgan fingerprint density at radius 3 is 1.75 bits per heavy atom. The number of carbonyl (C=O) groups is 2. The number of benzene rings is 4. The lowest BCUT2D eigenvalue weighted by Gasteiger charge is -2.54. The Morgan fingerprint density at radius 2 is 1.23 bits per heavy atom. The normalized spacial score (nSPS) is 20.8. The highest BCUT2D eigenvalue weighted by atomic mass is 32.2. The number of rotatable bonds is 12. The minimum atomic E-state index is -1.40. The molecule has 4 aromatic carbocycles. The molecule has 0 aliphatic carbocycles. The van der Waals surface area contributed by atoms with Crippen LogP contribution >= 0.6 is 23.5 Å². The average Bonchev–Trinajstić information content (AvgIpc) is 3.60. The lowest BCUT2D eigenvalue weighted by molar-refractivity contribution is -0.141. The summed E-state index contributed by atoms with van der Waals surface area (Å²) >= 11 is 2.76. The molecule has 2 heterocycles. The standard InChI is InChI=1S/C37H36F2N2O5S2/c1-4-45-32-12-8-6-10-29(32)36(40(34(42)23-47-36)21-25-14-17-28(44-3)18-15-25)37(30-11-7-9-13-33(30)46-5-2)41(35(43)24-48-37)22-26-20-27(38)16-19-31(26)39/h6-20H,4-5,21-24H2,1-3H3. The highest BCUT2D eigenvalue weighted by molar-refractivity contribution is 8.05. The number of hydrogen-bond donors (Lipinski definition) is 0. The van der Waals surface area contributed by atoms with E-state index >= 15 is 4.39 Å². The van der Waals surface area contributed by atoms with Crippen LogP contribution in [0.3, 0.4) is 0 Å². The van der Waals surface area contributed by atoms with Gasteiger partial charge in [-0.2, -0.15) is 0 Å². The quantitative estimate of drug-likeness (QED) is 0.154. The molecule has 2 amide bonds. The van der Waals surface area contributed by atoms with Crippen molar-refractivity contribution in [2.45, 2.75) is 36.7 Å². The second-order valence-electron chi connectivity index (χ2n) is 11.3. The zero-order valence-electron chi connectivity index (χ0n) is 26.9. The Labute approximate surface area is 287 Å². The van der Waals surface area contributed by atoms with Gasteiger partial charge in [0.25, 0.3) is 0 Å². The van der Waals surface area contributed by atoms with Crippen molar-refractivity contribution in [3.8, 4) is 17.2 Å². The van der Waals surface area contributed by atoms with E-state index in [1.165, 1.54) is 23.5 Å². The molecule has 7 nitrogen and oxygen atoms in total. The summed E-state index contributed by atoms with van der Waals surface area (Å²) in [6.45, 7) is 4.40. The fourth-order valence-electron chi connectivity index (χ4n) is 6.57. The fourth-order valence-corrected chi connectivity index (χ4v) is 10.0. The van der Waals surface area contributed by atoms with E-state index < -0.39 is 21.4 Å². The van der Waals surface area contributed by atoms with Crippen LogP contribution in [0.2, 0.25) is 0 Å². The first-order valence-corrected chi connectivity index (χ1v) is 17.7. The zero-order chi connectivity index (χ0) is 33.9. The van der Waals surface area contributed by atoms with Crippen molar-refractivity contribution in [1.82, 2.24) is 9.80 Å². The van der Waals surface area contributed by atoms with Gasteiger partial charge in [0, 0.05) is 23.2 Å². The first kappa shape index (κ1) is 33.7. The molecule has 0 aromatic heterocycles. The number of ether oxygens (including phenoxy) is 3. The van der Waals surface area contributed by atoms with Crippen LogP contribution in [0.5, 0.6) is 17.2 Å². The van der Waals surface area contributed by atoms with E-state index in [-0.39, 0.29) is 42.0 Å². The molecule has 2 atom stereocenters. The summed E-state index contributed by atoms with van der Waals surface area (Å²) < 4.78 is 47.9. The van der Waals surface area contributed by atoms with E-state index in [0.717, 1.165) is 23.8 Å². The van der Waals surface area contributed by atoms with Crippen LogP contribution < -0.4 is 14.2 Å². The van der Waals surface area contributed by atoms with Gasteiger partial charge in [0.05, 0.1) is 38.4 Å². The molecule has 6 rings (SSSR count). The van der Waals surface area contributed by atoms with Crippen molar-refractivity contribution in [3.63, 3.8) is 0 Å². The van der Waals surface area contributed by atoms with Gasteiger partial charge in [0.15, 0.2) is 9.74 Å². The molecule has 0 bridgehead atoms. The highest BCUT2D eigenvalue weighted by Crippen LogP contribution is 2.68. The first-order valence-electron chi connectivity index (χ1n) is 15.7. The van der Waals surface area contributed by atoms with Crippen LogP contribution in [-0.4, -0.2) is 53.4 Å². The summed E-state index contributed by atoms with van der Waals surface area (Å²) in [7, 11) is 1.59. The van der Waals surface area contributed by atoms with Gasteiger partial charge >= 0.3 is 0 Å². The third-order valence-electron chi connectivity index (χ3n) is 8.57. The number of thioether (sulfide) groups is 2. The van der Waals surface area contributed by atoms with Gasteiger partial charge in [-0.1, -0.05) is 48.5 Å². The molecule has 11 heteroatoms. The predicted molar refractivity (Wildman–Crippen MR) is 184 cm³/mol. The van der Waals surface area contributed by atoms with Crippen LogP contribution in [0, 0.1) is 11.6 Å². The molecule has 48 heavy (non-hydrogen) atoms. The number of hydrogen-bond acceptors (Lipinski definition) is 7. The Balaban J connectivity index is 1.69. The largest absolute Gasteiger partial charge is 0.497 e. The van der Waals surface area contributed by atoms with Crippen LogP contribution in [0.1, 0.15) is 36.1 Å². The number of halogens is 2. The van der Waals surface area contributed by atoms with Gasteiger partial charge in [-0.15, -0.1) is 23.5 Å². The summed E-state index contributed by atoms with van der Waals surface area (Å²) in [6.07, 6.45) is 0. The van der Waals surface area contributed by atoms with Crippen LogP contribution in [0.25, 0.3) is 0 Å². The van der Waals surface area contributed by atoms with Crippen LogP contribution in [0.15, 0.2) is 91.0 Å². The van der Waals surface area contributed by atoms with Gasteiger partial charge in [-0.05, 0) is 61.9 Å². The summed E-state index contributed by atoms with van der Waals surface area (Å²) in [6, 6.07) is 25.7. The Morgan fingerprint density at radius 1 is 0.708 bits per heavy atom. The van der Waals surface area contributed by atoms with Gasteiger partial charge in [-0.3, -0.25) is 9.59 Å². The Hall–Kier alpha value is -4.22. The Kier molecular flexibility index (Phi) is 9.89. The van der Waals surface area contributed by atoms with Crippen LogP contribution in [-0.2, 0) is 32.4 Å². The lowest BCUT2D eigenvalue weighted by atomic mass is 9.86. The number of carbonyl (C=O) groups excluding carboxylic acids is 2. The molecule has 250 valence electrons. The van der Waals surface area contributed by atoms with Gasteiger partial charge in [0.1, 0.15) is 28.9 Å². The number of amides is 2. The topological polar surface area (TPSA) is 68.3 Å². The minimum absolute atomic E-state index is 0.0217. The van der Waals surface area contributed by atoms with Gasteiger partial charge < -0.3 is 24.0 Å². The summed E-state index contributed by atoms with van der Waals surface area (Å²) in [4.78, 5) is 29.3. The van der Waals surface area contributed by atoms with E-state index in [0.29, 0.717) is 41.6 Å². The second kappa shape index (κ2) is 14.1. The molecule has 2 aliphatic heterocycles. The highest BCUT2D eigenvalue weighted by Gasteiger charge is 2.69. The van der Waals surface area contributed by atoms with Crippen molar-refractivity contribution in [3.05, 3.63) is 125 Å². The molecule has 2 unspecified atom stereocenters. The molecule has 2 saturated heterocycles. The van der Waals surface area contributed by atoms with E-state index in [4.69, 9.17) is 14.2 Å². The van der Waals surface area contributed by atoms with Crippen molar-refractivity contribution >= 4 is 35.3 Å². The third-order valence-corrected chi connectivity index (χ3v) is 11.8. The molecule has 0 N–H and O–H groups in total. The van der Waals surface area contributed by atoms with Crippen molar-refractivity contribution in [1.29, 1.82) is 0 Å². The Bertz CT molecular complexity index is 1810. The van der Waals surface area contributed by atoms with Crippen LogP contribution in [0.4, 0.5) is 8.78 Å². The molecule has 0 radical (unpaired) electrons. The van der Waals surface area contributed by atoms with Crippen molar-refractivity contribution in [2.75, 3.05) is 31.8 Å². The van der Waals surface area contributed by atoms with E-state index in [1.807, 2.05) is 86.6 Å². The molecule has 4 aromatic rings. The van der Waals surface area contributed by atoms with Gasteiger partial charge in [0.2, 0.25) is 11.8 Å². The molecule has 0 saturated carbocycles. The number of methoxy groups -OCH3 is 1.